The Kier molecular flexibility index (Phi) is 5.10. The number of ether oxygens (including phenoxy) is 1. The van der Waals surface area contributed by atoms with Gasteiger partial charge in [-0.05, 0) is 41.1 Å². The molecule has 6 nitrogen and oxygen atoms in total. The predicted molar refractivity (Wildman–Crippen MR) is 95.8 cm³/mol. The van der Waals surface area contributed by atoms with Crippen molar-refractivity contribution in [1.82, 2.24) is 20.2 Å². The predicted octanol–water partition coefficient (Wildman–Crippen LogP) is 3.47. The molecule has 0 aliphatic rings. The summed E-state index contributed by atoms with van der Waals surface area (Å²) >= 11 is 3.50. The summed E-state index contributed by atoms with van der Waals surface area (Å²) in [6.45, 7) is 3.17. The molecule has 0 radical (unpaired) electrons. The number of aromatic nitrogens is 4. The third kappa shape index (κ3) is 4.11. The number of benzene rings is 2. The first kappa shape index (κ1) is 16.4. The van der Waals surface area contributed by atoms with Gasteiger partial charge in [0.05, 0.1) is 0 Å². The molecule has 3 aromatic rings. The molecule has 1 heterocycles. The van der Waals surface area contributed by atoms with Crippen molar-refractivity contribution in [2.75, 3.05) is 5.32 Å². The summed E-state index contributed by atoms with van der Waals surface area (Å²) in [5.41, 5.74) is 3.41. The molecule has 0 unspecified atom stereocenters. The summed E-state index contributed by atoms with van der Waals surface area (Å²) in [5, 5.41) is 14.6. The van der Waals surface area contributed by atoms with E-state index in [1.807, 2.05) is 18.2 Å². The van der Waals surface area contributed by atoms with Crippen molar-refractivity contribution in [1.29, 1.82) is 0 Å². The third-order valence-corrected chi connectivity index (χ3v) is 4.09. The first-order chi connectivity index (χ1) is 11.6. The van der Waals surface area contributed by atoms with Gasteiger partial charge in [-0.3, -0.25) is 0 Å². The molecule has 0 saturated heterocycles. The highest BCUT2D eigenvalue weighted by molar-refractivity contribution is 9.10. The fourth-order valence-corrected chi connectivity index (χ4v) is 2.63. The molecule has 3 rings (SSSR count). The summed E-state index contributed by atoms with van der Waals surface area (Å²) in [5.74, 6) is 1.45. The molecule has 0 amide bonds. The number of rotatable bonds is 6. The number of anilines is 1. The minimum absolute atomic E-state index is 0.528. The average Bonchev–Trinajstić information content (AvgIpc) is 2.98. The van der Waals surface area contributed by atoms with E-state index in [1.54, 1.807) is 11.7 Å². The Hall–Kier alpha value is -2.41. The van der Waals surface area contributed by atoms with Crippen molar-refractivity contribution >= 4 is 21.9 Å². The van der Waals surface area contributed by atoms with Crippen LogP contribution in [0.25, 0.3) is 0 Å². The lowest BCUT2D eigenvalue weighted by atomic mass is 10.1. The van der Waals surface area contributed by atoms with E-state index in [4.69, 9.17) is 4.74 Å². The number of halogens is 1. The Bertz CT molecular complexity index is 816. The highest BCUT2D eigenvalue weighted by atomic mass is 79.9. The molecule has 0 fully saturated rings. The van der Waals surface area contributed by atoms with Crippen LogP contribution in [0.1, 0.15) is 16.7 Å². The van der Waals surface area contributed by atoms with Crippen molar-refractivity contribution in [3.05, 3.63) is 63.6 Å². The van der Waals surface area contributed by atoms with Crippen LogP contribution in [0.2, 0.25) is 0 Å². The fourth-order valence-electron chi connectivity index (χ4n) is 2.23. The Morgan fingerprint density at radius 3 is 2.67 bits per heavy atom. The third-order valence-electron chi connectivity index (χ3n) is 3.59. The summed E-state index contributed by atoms with van der Waals surface area (Å²) in [6.07, 6.45) is 0. The van der Waals surface area contributed by atoms with Gasteiger partial charge < -0.3 is 10.1 Å². The zero-order valence-electron chi connectivity index (χ0n) is 13.5. The Balaban J connectivity index is 1.70. The van der Waals surface area contributed by atoms with Crippen LogP contribution in [0, 0.1) is 6.92 Å². The van der Waals surface area contributed by atoms with Crippen molar-refractivity contribution in [3.63, 3.8) is 0 Å². The molecule has 1 aromatic heterocycles. The number of aryl methyl sites for hydroxylation is 2. The Morgan fingerprint density at radius 2 is 1.96 bits per heavy atom. The Labute approximate surface area is 149 Å². The topological polar surface area (TPSA) is 64.9 Å². The lowest BCUT2D eigenvalue weighted by molar-refractivity contribution is 0.303. The molecule has 0 spiro atoms. The number of hydrogen-bond acceptors (Lipinski definition) is 5. The number of tetrazole rings is 1. The largest absolute Gasteiger partial charge is 0.489 e. The van der Waals surface area contributed by atoms with Crippen molar-refractivity contribution in [2.45, 2.75) is 20.1 Å². The van der Waals surface area contributed by atoms with E-state index < -0.39 is 0 Å². The summed E-state index contributed by atoms with van der Waals surface area (Å²) in [6, 6.07) is 14.3. The van der Waals surface area contributed by atoms with E-state index in [1.165, 1.54) is 5.56 Å². The monoisotopic (exact) mass is 387 g/mol. The molecule has 24 heavy (non-hydrogen) atoms. The van der Waals surface area contributed by atoms with E-state index in [2.05, 4.69) is 68.0 Å². The van der Waals surface area contributed by atoms with Gasteiger partial charge in [-0.2, -0.15) is 0 Å². The Morgan fingerprint density at radius 1 is 1.17 bits per heavy atom. The quantitative estimate of drug-likeness (QED) is 0.701. The van der Waals surface area contributed by atoms with Crippen LogP contribution in [0.3, 0.4) is 0 Å². The van der Waals surface area contributed by atoms with Gasteiger partial charge in [0.25, 0.3) is 0 Å². The molecular weight excluding hydrogens is 370 g/mol. The molecule has 0 aliphatic carbocycles. The SMILES string of the molecule is Cc1ccc(COc2ccc(Br)cc2CNc2nnnn2C)cc1. The van der Waals surface area contributed by atoms with Gasteiger partial charge in [0.15, 0.2) is 0 Å². The van der Waals surface area contributed by atoms with Gasteiger partial charge in [0.2, 0.25) is 5.95 Å². The van der Waals surface area contributed by atoms with Gasteiger partial charge in [-0.1, -0.05) is 50.9 Å². The first-order valence-corrected chi connectivity index (χ1v) is 8.34. The van der Waals surface area contributed by atoms with Gasteiger partial charge in [-0.25, -0.2) is 4.68 Å². The highest BCUT2D eigenvalue weighted by Gasteiger charge is 2.08. The summed E-state index contributed by atoms with van der Waals surface area (Å²) in [4.78, 5) is 0. The number of hydrogen-bond donors (Lipinski definition) is 1. The molecule has 0 aliphatic heterocycles. The summed E-state index contributed by atoms with van der Waals surface area (Å²) < 4.78 is 8.59. The first-order valence-electron chi connectivity index (χ1n) is 7.55. The average molecular weight is 388 g/mol. The fraction of sp³-hybridized carbons (Fsp3) is 0.235. The van der Waals surface area contributed by atoms with Crippen molar-refractivity contribution < 1.29 is 4.74 Å². The zero-order valence-corrected chi connectivity index (χ0v) is 15.1. The van der Waals surface area contributed by atoms with E-state index in [9.17, 15) is 0 Å². The van der Waals surface area contributed by atoms with E-state index in [0.29, 0.717) is 19.1 Å². The number of nitrogens with zero attached hydrogens (tertiary/aromatic N) is 4. The second-order valence-corrected chi connectivity index (χ2v) is 6.42. The standard InChI is InChI=1S/C17H18BrN5O/c1-12-3-5-13(6-4-12)11-24-16-8-7-15(18)9-14(16)10-19-17-20-21-22-23(17)2/h3-9H,10-11H2,1-2H3,(H,19,20,22). The van der Waals surface area contributed by atoms with Crippen LogP contribution in [-0.4, -0.2) is 20.2 Å². The minimum Gasteiger partial charge on any atom is -0.489 e. The van der Waals surface area contributed by atoms with Crippen LogP contribution in [0.15, 0.2) is 46.9 Å². The lowest BCUT2D eigenvalue weighted by Gasteiger charge is -2.13. The van der Waals surface area contributed by atoms with Gasteiger partial charge >= 0.3 is 0 Å². The maximum absolute atomic E-state index is 6.00. The molecule has 7 heteroatoms. The van der Waals surface area contributed by atoms with Crippen LogP contribution in [-0.2, 0) is 20.2 Å². The second kappa shape index (κ2) is 7.44. The maximum atomic E-state index is 6.00. The molecule has 0 bridgehead atoms. The molecule has 0 saturated carbocycles. The van der Waals surface area contributed by atoms with Gasteiger partial charge in [0.1, 0.15) is 12.4 Å². The molecule has 2 aromatic carbocycles. The molecular formula is C17H18BrN5O. The van der Waals surface area contributed by atoms with E-state index in [-0.39, 0.29) is 0 Å². The van der Waals surface area contributed by atoms with Crippen molar-refractivity contribution in [3.8, 4) is 5.75 Å². The maximum Gasteiger partial charge on any atom is 0.242 e. The van der Waals surface area contributed by atoms with Crippen LogP contribution in [0.5, 0.6) is 5.75 Å². The van der Waals surface area contributed by atoms with E-state index >= 15 is 0 Å². The lowest BCUT2D eigenvalue weighted by Crippen LogP contribution is -2.07. The summed E-state index contributed by atoms with van der Waals surface area (Å²) in [7, 11) is 1.79. The van der Waals surface area contributed by atoms with E-state index in [0.717, 1.165) is 21.3 Å². The second-order valence-electron chi connectivity index (χ2n) is 5.51. The highest BCUT2D eigenvalue weighted by Crippen LogP contribution is 2.25. The van der Waals surface area contributed by atoms with Crippen LogP contribution in [0.4, 0.5) is 5.95 Å². The molecule has 1 N–H and O–H groups in total. The molecule has 124 valence electrons. The number of nitrogens with one attached hydrogen (secondary N) is 1. The minimum atomic E-state index is 0.528. The van der Waals surface area contributed by atoms with Crippen molar-refractivity contribution in [2.24, 2.45) is 7.05 Å². The van der Waals surface area contributed by atoms with Crippen LogP contribution < -0.4 is 10.1 Å². The zero-order chi connectivity index (χ0) is 16.9. The van der Waals surface area contributed by atoms with Gasteiger partial charge in [-0.15, -0.1) is 0 Å². The smallest absolute Gasteiger partial charge is 0.242 e. The van der Waals surface area contributed by atoms with Crippen LogP contribution >= 0.6 is 15.9 Å². The van der Waals surface area contributed by atoms with Gasteiger partial charge in [0, 0.05) is 23.6 Å². The molecule has 0 atom stereocenters. The normalized spacial score (nSPS) is 10.6.